The van der Waals surface area contributed by atoms with Crippen molar-refractivity contribution in [3.8, 4) is 5.75 Å². The van der Waals surface area contributed by atoms with E-state index in [4.69, 9.17) is 9.84 Å². The fourth-order valence-electron chi connectivity index (χ4n) is 1.28. The molecule has 0 radical (unpaired) electrons. The second kappa shape index (κ2) is 3.03. The summed E-state index contributed by atoms with van der Waals surface area (Å²) in [5.41, 5.74) is 1.90. The summed E-state index contributed by atoms with van der Waals surface area (Å²) in [6.45, 7) is 1.62. The van der Waals surface area contributed by atoms with Gasteiger partial charge in [0.25, 0.3) is 0 Å². The van der Waals surface area contributed by atoms with Crippen molar-refractivity contribution in [1.82, 2.24) is 0 Å². The van der Waals surface area contributed by atoms with Gasteiger partial charge in [0.05, 0.1) is 12.3 Å². The van der Waals surface area contributed by atoms with Crippen LogP contribution in [0.1, 0.15) is 5.56 Å². The van der Waals surface area contributed by atoms with Gasteiger partial charge in [-0.2, -0.15) is 0 Å². The number of benzene rings is 1. The molecule has 1 aromatic rings. The predicted octanol–water partition coefficient (Wildman–Crippen LogP) is 0.983. The van der Waals surface area contributed by atoms with Crippen molar-refractivity contribution in [2.24, 2.45) is 0 Å². The van der Waals surface area contributed by atoms with Crippen molar-refractivity contribution < 1.29 is 9.84 Å². The Morgan fingerprint density at radius 3 is 3.25 bits per heavy atom. The van der Waals surface area contributed by atoms with Crippen LogP contribution >= 0.6 is 0 Å². The van der Waals surface area contributed by atoms with Crippen LogP contribution in [0, 0.1) is 0 Å². The molecule has 0 bridgehead atoms. The van der Waals surface area contributed by atoms with E-state index in [1.54, 1.807) is 0 Å². The maximum Gasteiger partial charge on any atom is 0.142 e. The molecular formula is C9H11NO2. The molecule has 0 aliphatic carbocycles. The van der Waals surface area contributed by atoms with Crippen LogP contribution in [-0.4, -0.2) is 18.3 Å². The average Bonchev–Trinajstić information content (AvgIpc) is 2.17. The molecule has 1 heterocycles. The number of hydrogen-bond acceptors (Lipinski definition) is 3. The molecule has 12 heavy (non-hydrogen) atoms. The number of hydrogen-bond donors (Lipinski definition) is 2. The molecule has 3 nitrogen and oxygen atoms in total. The van der Waals surface area contributed by atoms with Crippen LogP contribution in [0.15, 0.2) is 18.2 Å². The minimum absolute atomic E-state index is 0.0661. The molecule has 0 saturated heterocycles. The first-order valence-electron chi connectivity index (χ1n) is 4.00. The molecule has 1 aromatic carbocycles. The summed E-state index contributed by atoms with van der Waals surface area (Å²) in [4.78, 5) is 0. The van der Waals surface area contributed by atoms with E-state index in [1.165, 1.54) is 0 Å². The smallest absolute Gasteiger partial charge is 0.142 e. The second-order valence-electron chi connectivity index (χ2n) is 2.76. The SMILES string of the molecule is OCc1ccc2c(c1)OCCN2. The number of fused-ring (bicyclic) bond motifs is 1. The van der Waals surface area contributed by atoms with Crippen LogP contribution in [0.4, 0.5) is 5.69 Å². The predicted molar refractivity (Wildman–Crippen MR) is 46.3 cm³/mol. The normalized spacial score (nSPS) is 14.4. The van der Waals surface area contributed by atoms with E-state index in [0.29, 0.717) is 6.61 Å². The van der Waals surface area contributed by atoms with Gasteiger partial charge in [-0.1, -0.05) is 6.07 Å². The number of aliphatic hydroxyl groups excluding tert-OH is 1. The largest absolute Gasteiger partial charge is 0.490 e. The molecule has 1 aliphatic rings. The van der Waals surface area contributed by atoms with E-state index >= 15 is 0 Å². The molecule has 0 aromatic heterocycles. The Labute approximate surface area is 71.0 Å². The third-order valence-electron chi connectivity index (χ3n) is 1.90. The fourth-order valence-corrected chi connectivity index (χ4v) is 1.28. The van der Waals surface area contributed by atoms with E-state index < -0.39 is 0 Å². The highest BCUT2D eigenvalue weighted by Gasteiger charge is 2.08. The third kappa shape index (κ3) is 1.23. The Bertz CT molecular complexity index is 286. The highest BCUT2D eigenvalue weighted by Crippen LogP contribution is 2.27. The van der Waals surface area contributed by atoms with Gasteiger partial charge in [0, 0.05) is 6.54 Å². The number of ether oxygens (including phenoxy) is 1. The molecule has 2 rings (SSSR count). The lowest BCUT2D eigenvalue weighted by molar-refractivity contribution is 0.279. The van der Waals surface area contributed by atoms with Crippen LogP contribution in [0.3, 0.4) is 0 Å². The van der Waals surface area contributed by atoms with Gasteiger partial charge in [-0.05, 0) is 17.7 Å². The molecule has 1 aliphatic heterocycles. The van der Waals surface area contributed by atoms with Crippen molar-refractivity contribution in [1.29, 1.82) is 0 Å². The number of anilines is 1. The molecule has 3 heteroatoms. The summed E-state index contributed by atoms with van der Waals surface area (Å²) < 4.78 is 5.39. The Hall–Kier alpha value is -1.22. The van der Waals surface area contributed by atoms with E-state index in [2.05, 4.69) is 5.32 Å². The van der Waals surface area contributed by atoms with Gasteiger partial charge in [0.15, 0.2) is 0 Å². The van der Waals surface area contributed by atoms with Gasteiger partial charge in [-0.25, -0.2) is 0 Å². The average molecular weight is 165 g/mol. The van der Waals surface area contributed by atoms with Gasteiger partial charge in [-0.3, -0.25) is 0 Å². The minimum Gasteiger partial charge on any atom is -0.490 e. The highest BCUT2D eigenvalue weighted by atomic mass is 16.5. The molecule has 0 atom stereocenters. The number of nitrogens with one attached hydrogen (secondary N) is 1. The summed E-state index contributed by atoms with van der Waals surface area (Å²) >= 11 is 0. The van der Waals surface area contributed by atoms with Crippen LogP contribution in [-0.2, 0) is 6.61 Å². The summed E-state index contributed by atoms with van der Waals surface area (Å²) in [5.74, 6) is 0.841. The van der Waals surface area contributed by atoms with Gasteiger partial charge in [-0.15, -0.1) is 0 Å². The second-order valence-corrected chi connectivity index (χ2v) is 2.76. The van der Waals surface area contributed by atoms with Gasteiger partial charge >= 0.3 is 0 Å². The summed E-state index contributed by atoms with van der Waals surface area (Å²) in [6, 6.07) is 5.68. The van der Waals surface area contributed by atoms with Gasteiger partial charge in [0.2, 0.25) is 0 Å². The maximum atomic E-state index is 8.86. The summed E-state index contributed by atoms with van der Waals surface area (Å²) in [7, 11) is 0. The lowest BCUT2D eigenvalue weighted by atomic mass is 10.2. The molecule has 0 spiro atoms. The topological polar surface area (TPSA) is 41.5 Å². The Morgan fingerprint density at radius 2 is 2.42 bits per heavy atom. The number of rotatable bonds is 1. The number of aliphatic hydroxyl groups is 1. The van der Waals surface area contributed by atoms with Crippen LogP contribution in [0.2, 0.25) is 0 Å². The van der Waals surface area contributed by atoms with E-state index in [-0.39, 0.29) is 6.61 Å². The van der Waals surface area contributed by atoms with Crippen LogP contribution < -0.4 is 10.1 Å². The van der Waals surface area contributed by atoms with E-state index in [1.807, 2.05) is 18.2 Å². The first kappa shape index (κ1) is 7.43. The monoisotopic (exact) mass is 165 g/mol. The molecule has 64 valence electrons. The zero-order valence-corrected chi connectivity index (χ0v) is 6.71. The Morgan fingerprint density at radius 1 is 1.50 bits per heavy atom. The van der Waals surface area contributed by atoms with Crippen molar-refractivity contribution in [2.75, 3.05) is 18.5 Å². The van der Waals surface area contributed by atoms with Crippen LogP contribution in [0.5, 0.6) is 5.75 Å². The van der Waals surface area contributed by atoms with Crippen molar-refractivity contribution in [3.05, 3.63) is 23.8 Å². The highest BCUT2D eigenvalue weighted by molar-refractivity contribution is 5.58. The van der Waals surface area contributed by atoms with E-state index in [0.717, 1.165) is 23.5 Å². The minimum atomic E-state index is 0.0661. The zero-order valence-electron chi connectivity index (χ0n) is 6.71. The molecular weight excluding hydrogens is 154 g/mol. The quantitative estimate of drug-likeness (QED) is 0.651. The van der Waals surface area contributed by atoms with Crippen molar-refractivity contribution in [3.63, 3.8) is 0 Å². The van der Waals surface area contributed by atoms with E-state index in [9.17, 15) is 0 Å². The van der Waals surface area contributed by atoms with Gasteiger partial charge in [0.1, 0.15) is 12.4 Å². The third-order valence-corrected chi connectivity index (χ3v) is 1.90. The first-order chi connectivity index (χ1) is 5.90. The molecule has 0 unspecified atom stereocenters. The van der Waals surface area contributed by atoms with Gasteiger partial charge < -0.3 is 15.2 Å². The fraction of sp³-hybridized carbons (Fsp3) is 0.333. The van der Waals surface area contributed by atoms with Crippen LogP contribution in [0.25, 0.3) is 0 Å². The Kier molecular flexibility index (Phi) is 1.87. The van der Waals surface area contributed by atoms with Crippen molar-refractivity contribution >= 4 is 5.69 Å². The Balaban J connectivity index is 2.36. The van der Waals surface area contributed by atoms with Crippen molar-refractivity contribution in [2.45, 2.75) is 6.61 Å². The molecule has 2 N–H and O–H groups in total. The summed E-state index contributed by atoms with van der Waals surface area (Å²) in [6.07, 6.45) is 0. The standard InChI is InChI=1S/C9H11NO2/c11-6-7-1-2-8-9(5-7)12-4-3-10-8/h1-2,5,10-11H,3-4,6H2. The summed E-state index contributed by atoms with van der Waals surface area (Å²) in [5, 5.41) is 12.1. The maximum absolute atomic E-state index is 8.86. The lowest BCUT2D eigenvalue weighted by Gasteiger charge is -2.19. The first-order valence-corrected chi connectivity index (χ1v) is 4.00. The molecule has 0 saturated carbocycles. The molecule has 0 fully saturated rings. The zero-order chi connectivity index (χ0) is 8.39. The molecule has 0 amide bonds. The lowest BCUT2D eigenvalue weighted by Crippen LogP contribution is -2.17.